The average Bonchev–Trinajstić information content (AvgIpc) is 2.78. The number of amides is 2. The van der Waals surface area contributed by atoms with E-state index in [2.05, 4.69) is 65.8 Å². The Morgan fingerprint density at radius 3 is 2.42 bits per heavy atom. The van der Waals surface area contributed by atoms with Gasteiger partial charge in [0.2, 0.25) is 0 Å². The molecular weight excluding hydrogens is 390 g/mol. The van der Waals surface area contributed by atoms with E-state index in [9.17, 15) is 4.79 Å². The number of carbonyl (C=O) groups is 1. The molecule has 0 aromatic heterocycles. The van der Waals surface area contributed by atoms with Crippen molar-refractivity contribution in [2.45, 2.75) is 52.2 Å². The van der Waals surface area contributed by atoms with E-state index in [1.54, 1.807) is 14.2 Å². The Hall–Kier alpha value is -2.73. The van der Waals surface area contributed by atoms with E-state index in [4.69, 9.17) is 9.47 Å². The third-order valence-corrected chi connectivity index (χ3v) is 6.01. The van der Waals surface area contributed by atoms with Crippen molar-refractivity contribution < 1.29 is 14.3 Å². The third kappa shape index (κ3) is 5.31. The number of methoxy groups -OCH3 is 2. The van der Waals surface area contributed by atoms with Crippen LogP contribution in [0.5, 0.6) is 11.5 Å². The van der Waals surface area contributed by atoms with Gasteiger partial charge in [-0.2, -0.15) is 0 Å². The maximum absolute atomic E-state index is 12.4. The minimum absolute atomic E-state index is 0.0332. The number of nitrogens with one attached hydrogen (secondary N) is 2. The maximum Gasteiger partial charge on any atom is 0.315 e. The van der Waals surface area contributed by atoms with Gasteiger partial charge in [0.25, 0.3) is 0 Å². The summed E-state index contributed by atoms with van der Waals surface area (Å²) in [7, 11) is 3.33. The Labute approximate surface area is 185 Å². The van der Waals surface area contributed by atoms with Crippen molar-refractivity contribution in [3.8, 4) is 11.5 Å². The van der Waals surface area contributed by atoms with Gasteiger partial charge in [-0.05, 0) is 55.5 Å². The molecule has 2 atom stereocenters. The summed E-state index contributed by atoms with van der Waals surface area (Å²) in [5, 5.41) is 6.08. The van der Waals surface area contributed by atoms with Crippen molar-refractivity contribution in [3.05, 3.63) is 58.7 Å². The molecule has 0 saturated carbocycles. The first kappa shape index (κ1) is 22.9. The Morgan fingerprint density at radius 2 is 1.81 bits per heavy atom. The minimum Gasteiger partial charge on any atom is -0.493 e. The number of fused-ring (bicyclic) bond motifs is 1. The average molecular weight is 426 g/mol. The highest BCUT2D eigenvalue weighted by molar-refractivity contribution is 5.74. The summed E-state index contributed by atoms with van der Waals surface area (Å²) in [6.45, 7) is 8.49. The summed E-state index contributed by atoms with van der Waals surface area (Å²) in [5.74, 6) is 1.47. The molecule has 2 aromatic carbocycles. The first-order chi connectivity index (χ1) is 15.0. The normalized spacial score (nSPS) is 16.9. The molecule has 1 heterocycles. The van der Waals surface area contributed by atoms with Gasteiger partial charge >= 0.3 is 6.03 Å². The van der Waals surface area contributed by atoms with Crippen LogP contribution >= 0.6 is 0 Å². The third-order valence-electron chi connectivity index (χ3n) is 6.01. The predicted octanol–water partition coefficient (Wildman–Crippen LogP) is 4.21. The fraction of sp³-hybridized carbons (Fsp3) is 0.480. The highest BCUT2D eigenvalue weighted by Gasteiger charge is 2.35. The molecule has 168 valence electrons. The fourth-order valence-corrected chi connectivity index (χ4v) is 4.39. The van der Waals surface area contributed by atoms with E-state index < -0.39 is 0 Å². The number of rotatable bonds is 8. The van der Waals surface area contributed by atoms with Gasteiger partial charge in [0.15, 0.2) is 11.5 Å². The van der Waals surface area contributed by atoms with Crippen LogP contribution in [0.25, 0.3) is 0 Å². The molecule has 1 aliphatic rings. The van der Waals surface area contributed by atoms with E-state index >= 15 is 0 Å². The highest BCUT2D eigenvalue weighted by atomic mass is 16.5. The Bertz CT molecular complexity index is 882. The fourth-order valence-electron chi connectivity index (χ4n) is 4.39. The molecule has 0 aliphatic carbocycles. The molecule has 0 spiro atoms. The number of carbonyl (C=O) groups excluding carboxylic acids is 1. The summed E-state index contributed by atoms with van der Waals surface area (Å²) in [6.07, 6.45) is 1.75. The molecule has 6 heteroatoms. The first-order valence-corrected chi connectivity index (χ1v) is 11.1. The van der Waals surface area contributed by atoms with E-state index in [1.807, 2.05) is 6.92 Å². The lowest BCUT2D eigenvalue weighted by molar-refractivity contribution is 0.135. The van der Waals surface area contributed by atoms with E-state index in [-0.39, 0.29) is 18.1 Å². The van der Waals surface area contributed by atoms with Gasteiger partial charge in [-0.15, -0.1) is 0 Å². The second-order valence-electron chi connectivity index (χ2n) is 8.08. The van der Waals surface area contributed by atoms with Gasteiger partial charge in [-0.3, -0.25) is 4.90 Å². The first-order valence-electron chi connectivity index (χ1n) is 11.1. The van der Waals surface area contributed by atoms with Crippen molar-refractivity contribution in [1.29, 1.82) is 0 Å². The van der Waals surface area contributed by atoms with E-state index in [1.165, 1.54) is 22.3 Å². The number of hydrogen-bond donors (Lipinski definition) is 2. The lowest BCUT2D eigenvalue weighted by Gasteiger charge is -2.42. The summed E-state index contributed by atoms with van der Waals surface area (Å²) in [4.78, 5) is 14.9. The Kier molecular flexibility index (Phi) is 7.80. The molecule has 6 nitrogen and oxygen atoms in total. The smallest absolute Gasteiger partial charge is 0.315 e. The van der Waals surface area contributed by atoms with Crippen LogP contribution < -0.4 is 20.1 Å². The van der Waals surface area contributed by atoms with Gasteiger partial charge in [-0.25, -0.2) is 4.79 Å². The molecule has 0 saturated heterocycles. The summed E-state index contributed by atoms with van der Waals surface area (Å²) < 4.78 is 11.1. The topological polar surface area (TPSA) is 62.8 Å². The lowest BCUT2D eigenvalue weighted by atomic mass is 9.86. The number of urea groups is 1. The zero-order valence-corrected chi connectivity index (χ0v) is 19.3. The molecule has 2 amide bonds. The van der Waals surface area contributed by atoms with E-state index in [0.29, 0.717) is 6.54 Å². The zero-order valence-electron chi connectivity index (χ0n) is 19.3. The van der Waals surface area contributed by atoms with Crippen molar-refractivity contribution >= 4 is 6.03 Å². The highest BCUT2D eigenvalue weighted by Crippen LogP contribution is 2.40. The van der Waals surface area contributed by atoms with Gasteiger partial charge in [-0.1, -0.05) is 36.8 Å². The molecule has 0 radical (unpaired) electrons. The van der Waals surface area contributed by atoms with Crippen LogP contribution in [0.15, 0.2) is 36.4 Å². The van der Waals surface area contributed by atoms with Gasteiger partial charge in [0.05, 0.1) is 26.3 Å². The zero-order chi connectivity index (χ0) is 22.4. The van der Waals surface area contributed by atoms with Crippen LogP contribution in [0.2, 0.25) is 0 Å². The lowest BCUT2D eigenvalue weighted by Crippen LogP contribution is -2.50. The number of ether oxygens (including phenoxy) is 2. The standard InChI is InChI=1S/C25H35N3O3/c1-6-21(27-25(29)26-7-2)24-20-15-23(31-5)22(30-4)14-19(20)12-13-28(24)16-18-10-8-17(3)9-11-18/h8-11,14-15,21,24H,6-7,12-13,16H2,1-5H3,(H2,26,27,29)/t21-,24-/m0/s1. The molecule has 1 aliphatic heterocycles. The minimum atomic E-state index is -0.128. The summed E-state index contributed by atoms with van der Waals surface area (Å²) in [5.41, 5.74) is 4.97. The largest absolute Gasteiger partial charge is 0.493 e. The second kappa shape index (κ2) is 10.5. The van der Waals surface area contributed by atoms with Gasteiger partial charge in [0.1, 0.15) is 0 Å². The predicted molar refractivity (Wildman–Crippen MR) is 124 cm³/mol. The van der Waals surface area contributed by atoms with Crippen LogP contribution in [-0.4, -0.2) is 44.3 Å². The molecule has 2 aromatic rings. The SMILES string of the molecule is CCNC(=O)N[C@@H](CC)[C@@H]1c2cc(OC)c(OC)cc2CCN1Cc1ccc(C)cc1. The quantitative estimate of drug-likeness (QED) is 0.665. The van der Waals surface area contributed by atoms with Crippen LogP contribution in [0.4, 0.5) is 4.79 Å². The number of nitrogens with zero attached hydrogens (tertiary/aromatic N) is 1. The van der Waals surface area contributed by atoms with Crippen molar-refractivity contribution in [2.24, 2.45) is 0 Å². The molecule has 0 unspecified atom stereocenters. The maximum atomic E-state index is 12.4. The molecule has 2 N–H and O–H groups in total. The molecule has 0 fully saturated rings. The number of aryl methyl sites for hydroxylation is 1. The van der Waals surface area contributed by atoms with Crippen LogP contribution in [0, 0.1) is 6.92 Å². The molecule has 0 bridgehead atoms. The summed E-state index contributed by atoms with van der Waals surface area (Å²) in [6, 6.07) is 12.7. The van der Waals surface area contributed by atoms with Crippen molar-refractivity contribution in [3.63, 3.8) is 0 Å². The summed E-state index contributed by atoms with van der Waals surface area (Å²) >= 11 is 0. The van der Waals surface area contributed by atoms with Crippen LogP contribution in [0.3, 0.4) is 0 Å². The van der Waals surface area contributed by atoms with Gasteiger partial charge in [0, 0.05) is 19.6 Å². The number of benzene rings is 2. The van der Waals surface area contributed by atoms with Crippen LogP contribution in [-0.2, 0) is 13.0 Å². The van der Waals surface area contributed by atoms with E-state index in [0.717, 1.165) is 37.4 Å². The number of hydrogen-bond acceptors (Lipinski definition) is 4. The van der Waals surface area contributed by atoms with Gasteiger partial charge < -0.3 is 20.1 Å². The monoisotopic (exact) mass is 425 g/mol. The Balaban J connectivity index is 2.00. The van der Waals surface area contributed by atoms with Crippen molar-refractivity contribution in [1.82, 2.24) is 15.5 Å². The Morgan fingerprint density at radius 1 is 1.13 bits per heavy atom. The molecule has 3 rings (SSSR count). The molecular formula is C25H35N3O3. The van der Waals surface area contributed by atoms with Crippen LogP contribution in [0.1, 0.15) is 48.6 Å². The second-order valence-corrected chi connectivity index (χ2v) is 8.08. The van der Waals surface area contributed by atoms with Crippen molar-refractivity contribution in [2.75, 3.05) is 27.3 Å². The molecule has 31 heavy (non-hydrogen) atoms.